The van der Waals surface area contributed by atoms with Crippen LogP contribution in [-0.4, -0.2) is 49.9 Å². The van der Waals surface area contributed by atoms with E-state index in [4.69, 9.17) is 14.2 Å². The summed E-state index contributed by atoms with van der Waals surface area (Å²) in [7, 11) is 1.71. The Bertz CT molecular complexity index is 665. The molecule has 2 atom stereocenters. The van der Waals surface area contributed by atoms with Crippen LogP contribution in [0, 0.1) is 0 Å². The van der Waals surface area contributed by atoms with E-state index in [-0.39, 0.29) is 18.1 Å². The first-order valence-corrected chi connectivity index (χ1v) is 11.2. The maximum atomic E-state index is 13.3. The number of hydrogen-bond acceptors (Lipinski definition) is 4. The van der Waals surface area contributed by atoms with E-state index < -0.39 is 0 Å². The van der Waals surface area contributed by atoms with Crippen LogP contribution in [0.4, 0.5) is 0 Å². The SMILES string of the molecule is COCCCOc1cc([C@@H](C)N(C(=O)[C@H]2CCCCO2)C2CC2)ccc1C(C)C. The third kappa shape index (κ3) is 5.73. The van der Waals surface area contributed by atoms with Crippen molar-refractivity contribution in [2.24, 2.45) is 0 Å². The zero-order chi connectivity index (χ0) is 20.8. The zero-order valence-corrected chi connectivity index (χ0v) is 18.5. The fourth-order valence-electron chi connectivity index (χ4n) is 4.10. The summed E-state index contributed by atoms with van der Waals surface area (Å²) in [5.74, 6) is 1.47. The molecule has 0 radical (unpaired) electrons. The number of nitrogens with zero attached hydrogens (tertiary/aromatic N) is 1. The molecule has 0 spiro atoms. The number of methoxy groups -OCH3 is 1. The summed E-state index contributed by atoms with van der Waals surface area (Å²) in [5, 5.41) is 0. The van der Waals surface area contributed by atoms with Crippen LogP contribution >= 0.6 is 0 Å². The van der Waals surface area contributed by atoms with Gasteiger partial charge in [-0.15, -0.1) is 0 Å². The summed E-state index contributed by atoms with van der Waals surface area (Å²) in [6.07, 6.45) is 5.75. The molecule has 2 fully saturated rings. The van der Waals surface area contributed by atoms with Crippen LogP contribution in [-0.2, 0) is 14.3 Å². The molecule has 162 valence electrons. The van der Waals surface area contributed by atoms with Crippen LogP contribution in [0.2, 0.25) is 0 Å². The van der Waals surface area contributed by atoms with Gasteiger partial charge in [0.1, 0.15) is 11.9 Å². The molecule has 1 aromatic rings. The summed E-state index contributed by atoms with van der Waals surface area (Å²) in [6, 6.07) is 6.82. The van der Waals surface area contributed by atoms with Crippen molar-refractivity contribution in [3.8, 4) is 5.75 Å². The second kappa shape index (κ2) is 10.4. The molecule has 5 nitrogen and oxygen atoms in total. The lowest BCUT2D eigenvalue weighted by molar-refractivity contribution is -0.149. The van der Waals surface area contributed by atoms with Crippen molar-refractivity contribution < 1.29 is 19.0 Å². The van der Waals surface area contributed by atoms with Crippen molar-refractivity contribution in [2.75, 3.05) is 26.9 Å². The molecule has 29 heavy (non-hydrogen) atoms. The van der Waals surface area contributed by atoms with Gasteiger partial charge in [-0.3, -0.25) is 4.79 Å². The van der Waals surface area contributed by atoms with Crippen molar-refractivity contribution >= 4 is 5.91 Å². The first kappa shape index (κ1) is 22.1. The standard InChI is InChI=1S/C24H37NO4/c1-17(2)21-12-9-19(16-23(21)29-15-7-13-27-4)18(3)25(20-10-11-20)24(26)22-8-5-6-14-28-22/h9,12,16-18,20,22H,5-8,10-11,13-15H2,1-4H3/t18-,22-/m1/s1. The van der Waals surface area contributed by atoms with E-state index in [9.17, 15) is 4.79 Å². The van der Waals surface area contributed by atoms with Gasteiger partial charge in [-0.2, -0.15) is 0 Å². The number of amides is 1. The summed E-state index contributed by atoms with van der Waals surface area (Å²) in [6.45, 7) is 8.52. The smallest absolute Gasteiger partial charge is 0.252 e. The highest BCUT2D eigenvalue weighted by Crippen LogP contribution is 2.38. The Morgan fingerprint density at radius 3 is 2.59 bits per heavy atom. The van der Waals surface area contributed by atoms with Gasteiger partial charge in [0.2, 0.25) is 0 Å². The molecule has 0 N–H and O–H groups in total. The number of ether oxygens (including phenoxy) is 3. The van der Waals surface area contributed by atoms with E-state index in [1.807, 2.05) is 0 Å². The van der Waals surface area contributed by atoms with Gasteiger partial charge in [0, 0.05) is 32.8 Å². The summed E-state index contributed by atoms with van der Waals surface area (Å²) in [5.41, 5.74) is 2.34. The van der Waals surface area contributed by atoms with Gasteiger partial charge in [-0.05, 0) is 62.1 Å². The van der Waals surface area contributed by atoms with Gasteiger partial charge in [0.25, 0.3) is 5.91 Å². The Morgan fingerprint density at radius 2 is 1.97 bits per heavy atom. The topological polar surface area (TPSA) is 48.0 Å². The molecular formula is C24H37NO4. The minimum atomic E-state index is -0.272. The van der Waals surface area contributed by atoms with E-state index >= 15 is 0 Å². The van der Waals surface area contributed by atoms with Gasteiger partial charge < -0.3 is 19.1 Å². The van der Waals surface area contributed by atoms with Crippen molar-refractivity contribution in [3.63, 3.8) is 0 Å². The van der Waals surface area contributed by atoms with Crippen LogP contribution in [0.15, 0.2) is 18.2 Å². The molecule has 1 aromatic carbocycles. The predicted octanol–water partition coefficient (Wildman–Crippen LogP) is 4.85. The maximum absolute atomic E-state index is 13.3. The summed E-state index contributed by atoms with van der Waals surface area (Å²) in [4.78, 5) is 15.3. The second-order valence-electron chi connectivity index (χ2n) is 8.65. The van der Waals surface area contributed by atoms with Gasteiger partial charge >= 0.3 is 0 Å². The Hall–Kier alpha value is -1.59. The lowest BCUT2D eigenvalue weighted by atomic mass is 9.97. The minimum absolute atomic E-state index is 0.0167. The molecule has 0 bridgehead atoms. The first-order chi connectivity index (χ1) is 14.0. The highest BCUT2D eigenvalue weighted by Gasteiger charge is 2.40. The van der Waals surface area contributed by atoms with E-state index in [1.165, 1.54) is 5.56 Å². The highest BCUT2D eigenvalue weighted by atomic mass is 16.5. The van der Waals surface area contributed by atoms with Crippen molar-refractivity contribution in [2.45, 2.75) is 83.4 Å². The van der Waals surface area contributed by atoms with Crippen molar-refractivity contribution in [3.05, 3.63) is 29.3 Å². The molecule has 1 saturated carbocycles. The largest absolute Gasteiger partial charge is 0.493 e. The molecular weight excluding hydrogens is 366 g/mol. The predicted molar refractivity (Wildman–Crippen MR) is 114 cm³/mol. The number of carbonyl (C=O) groups excluding carboxylic acids is 1. The molecule has 3 rings (SSSR count). The Balaban J connectivity index is 1.78. The molecule has 0 aromatic heterocycles. The molecule has 2 aliphatic rings. The third-order valence-electron chi connectivity index (χ3n) is 5.96. The molecule has 0 unspecified atom stereocenters. The van der Waals surface area contributed by atoms with Gasteiger partial charge in [0.15, 0.2) is 0 Å². The minimum Gasteiger partial charge on any atom is -0.493 e. The Morgan fingerprint density at radius 1 is 1.17 bits per heavy atom. The van der Waals surface area contributed by atoms with Crippen LogP contribution in [0.5, 0.6) is 5.75 Å². The Labute approximate surface area is 175 Å². The summed E-state index contributed by atoms with van der Waals surface area (Å²) >= 11 is 0. The Kier molecular flexibility index (Phi) is 7.96. The normalized spacial score (nSPS) is 20.5. The summed E-state index contributed by atoms with van der Waals surface area (Å²) < 4.78 is 17.1. The number of carbonyl (C=O) groups is 1. The van der Waals surface area contributed by atoms with Gasteiger partial charge in [0.05, 0.1) is 12.6 Å². The van der Waals surface area contributed by atoms with Gasteiger partial charge in [-0.25, -0.2) is 0 Å². The molecule has 1 heterocycles. The van der Waals surface area contributed by atoms with Crippen LogP contribution < -0.4 is 4.74 Å². The molecule has 1 aliphatic heterocycles. The molecule has 5 heteroatoms. The third-order valence-corrected chi connectivity index (χ3v) is 5.96. The zero-order valence-electron chi connectivity index (χ0n) is 18.5. The lowest BCUT2D eigenvalue weighted by Crippen LogP contribution is -2.44. The average molecular weight is 404 g/mol. The first-order valence-electron chi connectivity index (χ1n) is 11.2. The fraction of sp³-hybridized carbons (Fsp3) is 0.708. The van der Waals surface area contributed by atoms with Crippen LogP contribution in [0.3, 0.4) is 0 Å². The van der Waals surface area contributed by atoms with Crippen molar-refractivity contribution in [1.29, 1.82) is 0 Å². The molecule has 1 saturated heterocycles. The van der Waals surface area contributed by atoms with E-state index in [0.29, 0.717) is 31.8 Å². The highest BCUT2D eigenvalue weighted by molar-refractivity contribution is 5.82. The average Bonchev–Trinajstić information content (AvgIpc) is 3.56. The lowest BCUT2D eigenvalue weighted by Gasteiger charge is -2.34. The fourth-order valence-corrected chi connectivity index (χ4v) is 4.10. The van der Waals surface area contributed by atoms with E-state index in [2.05, 4.69) is 43.9 Å². The van der Waals surface area contributed by atoms with E-state index in [1.54, 1.807) is 7.11 Å². The quantitative estimate of drug-likeness (QED) is 0.524. The van der Waals surface area contributed by atoms with Crippen LogP contribution in [0.1, 0.15) is 82.4 Å². The van der Waals surface area contributed by atoms with Crippen molar-refractivity contribution in [1.82, 2.24) is 4.90 Å². The second-order valence-corrected chi connectivity index (χ2v) is 8.65. The number of benzene rings is 1. The van der Waals surface area contributed by atoms with Gasteiger partial charge in [-0.1, -0.05) is 26.0 Å². The molecule has 1 amide bonds. The monoisotopic (exact) mass is 403 g/mol. The number of rotatable bonds is 10. The van der Waals surface area contributed by atoms with E-state index in [0.717, 1.165) is 49.8 Å². The van der Waals surface area contributed by atoms with Crippen LogP contribution in [0.25, 0.3) is 0 Å². The number of hydrogen-bond donors (Lipinski definition) is 0. The maximum Gasteiger partial charge on any atom is 0.252 e. The molecule has 1 aliphatic carbocycles.